The Hall–Kier alpha value is -1.76. The summed E-state index contributed by atoms with van der Waals surface area (Å²) in [6, 6.07) is 6.75. The maximum atomic E-state index is 11.6. The van der Waals surface area contributed by atoms with Crippen molar-refractivity contribution >= 4 is 21.6 Å². The van der Waals surface area contributed by atoms with Gasteiger partial charge >= 0.3 is 6.09 Å². The van der Waals surface area contributed by atoms with Crippen molar-refractivity contribution in [3.05, 3.63) is 24.3 Å². The smallest absolute Gasteiger partial charge is 0.411 e. The summed E-state index contributed by atoms with van der Waals surface area (Å²) < 4.78 is 32.5. The lowest BCUT2D eigenvalue weighted by molar-refractivity contribution is 0.124. The van der Waals surface area contributed by atoms with E-state index in [0.717, 1.165) is 0 Å². The van der Waals surface area contributed by atoms with Gasteiger partial charge in [0.25, 0.3) is 0 Å². The Kier molecular flexibility index (Phi) is 3.94. The summed E-state index contributed by atoms with van der Waals surface area (Å²) >= 11 is 0. The number of sulfone groups is 1. The molecule has 1 fully saturated rings. The van der Waals surface area contributed by atoms with Crippen LogP contribution in [0.2, 0.25) is 0 Å². The Morgan fingerprint density at radius 3 is 2.53 bits per heavy atom. The number of amides is 1. The van der Waals surface area contributed by atoms with Crippen molar-refractivity contribution in [2.24, 2.45) is 0 Å². The number of benzene rings is 1. The second-order valence-corrected chi connectivity index (χ2v) is 6.51. The third-order valence-corrected chi connectivity index (χ3v) is 4.54. The molecule has 1 aromatic rings. The van der Waals surface area contributed by atoms with Crippen molar-refractivity contribution in [1.29, 1.82) is 0 Å². The Morgan fingerprint density at radius 2 is 2.00 bits per heavy atom. The van der Waals surface area contributed by atoms with Crippen LogP contribution in [0, 0.1) is 0 Å². The number of nitrogens with one attached hydrogen (secondary N) is 1. The number of rotatable bonds is 3. The van der Waals surface area contributed by atoms with Crippen molar-refractivity contribution in [2.75, 3.05) is 23.9 Å². The quantitative estimate of drug-likeness (QED) is 0.908. The van der Waals surface area contributed by atoms with Gasteiger partial charge in [0.2, 0.25) is 0 Å². The first kappa shape index (κ1) is 13.7. The monoisotopic (exact) mass is 285 g/mol. The minimum atomic E-state index is -3.04. The molecule has 1 aliphatic rings. The average molecular weight is 285 g/mol. The molecule has 1 saturated heterocycles. The molecule has 7 heteroatoms. The molecule has 0 radical (unpaired) electrons. The normalized spacial score (nSPS) is 20.8. The molecular weight excluding hydrogens is 270 g/mol. The highest BCUT2D eigenvalue weighted by Gasteiger charge is 2.30. The van der Waals surface area contributed by atoms with Gasteiger partial charge in [-0.15, -0.1) is 0 Å². The van der Waals surface area contributed by atoms with E-state index in [-0.39, 0.29) is 11.5 Å². The molecular formula is C12H15NO5S. The van der Waals surface area contributed by atoms with E-state index in [9.17, 15) is 13.2 Å². The first-order chi connectivity index (χ1) is 8.98. The van der Waals surface area contributed by atoms with Gasteiger partial charge in [0.1, 0.15) is 11.9 Å². The molecule has 6 nitrogen and oxygen atoms in total. The molecule has 1 unspecified atom stereocenters. The number of hydrogen-bond acceptors (Lipinski definition) is 5. The molecule has 0 aromatic heterocycles. The van der Waals surface area contributed by atoms with Crippen LogP contribution in [0.4, 0.5) is 10.5 Å². The van der Waals surface area contributed by atoms with Gasteiger partial charge in [-0.25, -0.2) is 13.2 Å². The van der Waals surface area contributed by atoms with E-state index in [4.69, 9.17) is 9.47 Å². The number of ether oxygens (including phenoxy) is 2. The van der Waals surface area contributed by atoms with E-state index in [1.807, 2.05) is 0 Å². The van der Waals surface area contributed by atoms with Gasteiger partial charge in [0, 0.05) is 5.69 Å². The predicted molar refractivity (Wildman–Crippen MR) is 70.2 cm³/mol. The van der Waals surface area contributed by atoms with Gasteiger partial charge < -0.3 is 9.47 Å². The Morgan fingerprint density at radius 1 is 1.32 bits per heavy atom. The summed E-state index contributed by atoms with van der Waals surface area (Å²) in [6.45, 7) is 0. The van der Waals surface area contributed by atoms with E-state index in [1.54, 1.807) is 31.4 Å². The number of carbonyl (C=O) groups is 1. The summed E-state index contributed by atoms with van der Waals surface area (Å²) in [7, 11) is -1.49. The average Bonchev–Trinajstić information content (AvgIpc) is 2.69. The first-order valence-corrected chi connectivity index (χ1v) is 7.63. The van der Waals surface area contributed by atoms with Crippen LogP contribution in [0.5, 0.6) is 5.75 Å². The predicted octanol–water partition coefficient (Wildman–Crippen LogP) is 1.43. The fourth-order valence-electron chi connectivity index (χ4n) is 1.83. The van der Waals surface area contributed by atoms with Crippen LogP contribution in [0.15, 0.2) is 24.3 Å². The highest BCUT2D eigenvalue weighted by molar-refractivity contribution is 7.91. The Bertz CT molecular complexity index is 552. The highest BCUT2D eigenvalue weighted by atomic mass is 32.2. The standard InChI is InChI=1S/C12H15NO5S/c1-17-10-4-2-9(3-5-10)13-12(14)18-11-6-7-19(15,16)8-11/h2-5,11H,6-8H2,1H3,(H,13,14). The SMILES string of the molecule is COc1ccc(NC(=O)OC2CCS(=O)(=O)C2)cc1. The Labute approximate surface area is 111 Å². The van der Waals surface area contributed by atoms with Crippen molar-refractivity contribution in [3.63, 3.8) is 0 Å². The molecule has 1 atom stereocenters. The maximum absolute atomic E-state index is 11.6. The van der Waals surface area contributed by atoms with Crippen LogP contribution >= 0.6 is 0 Å². The van der Waals surface area contributed by atoms with Crippen LogP contribution in [-0.4, -0.2) is 39.2 Å². The van der Waals surface area contributed by atoms with Gasteiger partial charge in [-0.05, 0) is 30.7 Å². The van der Waals surface area contributed by atoms with Crippen molar-refractivity contribution in [3.8, 4) is 5.75 Å². The van der Waals surface area contributed by atoms with Crippen LogP contribution in [0.25, 0.3) is 0 Å². The lowest BCUT2D eigenvalue weighted by Gasteiger charge is -2.11. The molecule has 1 aromatic carbocycles. The summed E-state index contributed by atoms with van der Waals surface area (Å²) in [5.74, 6) is 0.664. The lowest BCUT2D eigenvalue weighted by atomic mass is 10.3. The second kappa shape index (κ2) is 5.48. The summed E-state index contributed by atoms with van der Waals surface area (Å²) in [5.41, 5.74) is 0.562. The van der Waals surface area contributed by atoms with Crippen LogP contribution in [0.3, 0.4) is 0 Å². The number of hydrogen-bond donors (Lipinski definition) is 1. The van der Waals surface area contributed by atoms with E-state index in [0.29, 0.717) is 17.9 Å². The zero-order valence-corrected chi connectivity index (χ0v) is 11.3. The van der Waals surface area contributed by atoms with E-state index in [2.05, 4.69) is 5.32 Å². The molecule has 0 bridgehead atoms. The summed E-state index contributed by atoms with van der Waals surface area (Å²) in [4.78, 5) is 11.6. The number of carbonyl (C=O) groups excluding carboxylic acids is 1. The van der Waals surface area contributed by atoms with Gasteiger partial charge in [0.15, 0.2) is 9.84 Å². The molecule has 1 aliphatic heterocycles. The van der Waals surface area contributed by atoms with Crippen molar-refractivity contribution in [1.82, 2.24) is 0 Å². The fourth-order valence-corrected chi connectivity index (χ4v) is 3.42. The topological polar surface area (TPSA) is 81.7 Å². The molecule has 1 N–H and O–H groups in total. The largest absolute Gasteiger partial charge is 0.497 e. The van der Waals surface area contributed by atoms with Gasteiger partial charge in [-0.2, -0.15) is 0 Å². The van der Waals surface area contributed by atoms with E-state index in [1.165, 1.54) is 0 Å². The van der Waals surface area contributed by atoms with E-state index >= 15 is 0 Å². The van der Waals surface area contributed by atoms with E-state index < -0.39 is 22.0 Å². The minimum absolute atomic E-state index is 0.0769. The third kappa shape index (κ3) is 3.85. The maximum Gasteiger partial charge on any atom is 0.411 e. The van der Waals surface area contributed by atoms with Crippen LogP contribution in [0.1, 0.15) is 6.42 Å². The van der Waals surface area contributed by atoms with Gasteiger partial charge in [-0.3, -0.25) is 5.32 Å². The first-order valence-electron chi connectivity index (χ1n) is 5.80. The van der Waals surface area contributed by atoms with Gasteiger partial charge in [0.05, 0.1) is 18.6 Å². The molecule has 2 rings (SSSR count). The number of anilines is 1. The summed E-state index contributed by atoms with van der Waals surface area (Å²) in [5, 5.41) is 2.54. The molecule has 104 valence electrons. The van der Waals surface area contributed by atoms with Crippen LogP contribution < -0.4 is 10.1 Å². The van der Waals surface area contributed by atoms with Crippen LogP contribution in [-0.2, 0) is 14.6 Å². The highest BCUT2D eigenvalue weighted by Crippen LogP contribution is 2.17. The molecule has 0 spiro atoms. The minimum Gasteiger partial charge on any atom is -0.497 e. The molecule has 0 aliphatic carbocycles. The summed E-state index contributed by atoms with van der Waals surface area (Å²) in [6.07, 6.45) is -0.839. The molecule has 0 saturated carbocycles. The molecule has 1 heterocycles. The zero-order chi connectivity index (χ0) is 13.9. The fraction of sp³-hybridized carbons (Fsp3) is 0.417. The zero-order valence-electron chi connectivity index (χ0n) is 10.5. The van der Waals surface area contributed by atoms with Gasteiger partial charge in [-0.1, -0.05) is 0 Å². The molecule has 19 heavy (non-hydrogen) atoms. The van der Waals surface area contributed by atoms with Crippen molar-refractivity contribution < 1.29 is 22.7 Å². The molecule has 1 amide bonds. The second-order valence-electron chi connectivity index (χ2n) is 4.28. The Balaban J connectivity index is 1.87. The van der Waals surface area contributed by atoms with Crippen molar-refractivity contribution in [2.45, 2.75) is 12.5 Å². The third-order valence-electron chi connectivity index (χ3n) is 2.80. The lowest BCUT2D eigenvalue weighted by Crippen LogP contribution is -2.23. The number of methoxy groups -OCH3 is 1.